The number of nitrogens with one attached hydrogen (secondary N) is 1. The van der Waals surface area contributed by atoms with Gasteiger partial charge in [-0.1, -0.05) is 0 Å². The highest BCUT2D eigenvalue weighted by atomic mass is 32.1. The third kappa shape index (κ3) is 2.30. The number of amides is 2. The number of carboxylic acids is 1. The van der Waals surface area contributed by atoms with Crippen LogP contribution in [0.2, 0.25) is 0 Å². The third-order valence-electron chi connectivity index (χ3n) is 3.00. The molecule has 0 atom stereocenters. The molecule has 0 saturated carbocycles. The Hall–Kier alpha value is -1.96. The predicted octanol–water partition coefficient (Wildman–Crippen LogP) is 0.192. The van der Waals surface area contributed by atoms with Crippen LogP contribution >= 0.6 is 11.3 Å². The summed E-state index contributed by atoms with van der Waals surface area (Å²) in [6.45, 7) is 4.04. The van der Waals surface area contributed by atoms with E-state index in [0.717, 1.165) is 11.3 Å². The first-order valence-electron chi connectivity index (χ1n) is 5.63. The van der Waals surface area contributed by atoms with Crippen molar-refractivity contribution in [2.45, 2.75) is 19.4 Å². The second-order valence-electron chi connectivity index (χ2n) is 4.61. The maximum Gasteiger partial charge on any atom is 0.355 e. The zero-order valence-corrected chi connectivity index (χ0v) is 11.3. The summed E-state index contributed by atoms with van der Waals surface area (Å²) in [4.78, 5) is 40.0. The van der Waals surface area contributed by atoms with E-state index in [1.807, 2.05) is 0 Å². The van der Waals surface area contributed by atoms with E-state index in [-0.39, 0.29) is 16.6 Å². The van der Waals surface area contributed by atoms with Crippen molar-refractivity contribution in [3.8, 4) is 0 Å². The lowest BCUT2D eigenvalue weighted by molar-refractivity contribution is -0.133. The van der Waals surface area contributed by atoms with Crippen molar-refractivity contribution in [3.05, 3.63) is 16.1 Å². The standard InChI is InChI=1S/C11H13N3O4S/c1-11(2)10(18)12-3-4-14(11)8(15)7-13-6(5-19-7)9(16)17/h5H,3-4H2,1-2H3,(H,12,18)(H,16,17). The van der Waals surface area contributed by atoms with Crippen LogP contribution in [0.1, 0.15) is 34.1 Å². The number of aromatic nitrogens is 1. The van der Waals surface area contributed by atoms with Gasteiger partial charge in [0, 0.05) is 18.5 Å². The number of aromatic carboxylic acids is 1. The summed E-state index contributed by atoms with van der Waals surface area (Å²) in [5, 5.41) is 12.9. The predicted molar refractivity (Wildman–Crippen MR) is 67.2 cm³/mol. The Morgan fingerprint density at radius 2 is 2.21 bits per heavy atom. The van der Waals surface area contributed by atoms with Crippen molar-refractivity contribution in [3.63, 3.8) is 0 Å². The number of carbonyl (C=O) groups excluding carboxylic acids is 2. The highest BCUT2D eigenvalue weighted by molar-refractivity contribution is 7.11. The minimum atomic E-state index is -1.18. The number of nitrogens with zero attached hydrogens (tertiary/aromatic N) is 2. The van der Waals surface area contributed by atoms with Gasteiger partial charge < -0.3 is 15.3 Å². The minimum Gasteiger partial charge on any atom is -0.476 e. The van der Waals surface area contributed by atoms with Crippen LogP contribution < -0.4 is 5.32 Å². The second kappa shape index (κ2) is 4.61. The van der Waals surface area contributed by atoms with Crippen molar-refractivity contribution in [1.29, 1.82) is 0 Å². The molecule has 0 aromatic carbocycles. The molecule has 1 aliphatic rings. The number of hydrogen-bond donors (Lipinski definition) is 2. The lowest BCUT2D eigenvalue weighted by atomic mass is 9.99. The van der Waals surface area contributed by atoms with E-state index >= 15 is 0 Å². The minimum absolute atomic E-state index is 0.0835. The molecule has 2 amide bonds. The van der Waals surface area contributed by atoms with E-state index in [0.29, 0.717) is 13.1 Å². The average Bonchev–Trinajstić information content (AvgIpc) is 2.81. The van der Waals surface area contributed by atoms with E-state index in [9.17, 15) is 14.4 Å². The quantitative estimate of drug-likeness (QED) is 0.807. The molecule has 1 aromatic rings. The molecule has 0 spiro atoms. The Labute approximate surface area is 113 Å². The van der Waals surface area contributed by atoms with Gasteiger partial charge in [0.15, 0.2) is 10.7 Å². The van der Waals surface area contributed by atoms with Gasteiger partial charge in [-0.3, -0.25) is 9.59 Å². The molecule has 8 heteroatoms. The monoisotopic (exact) mass is 283 g/mol. The van der Waals surface area contributed by atoms with Crippen LogP contribution in [0.5, 0.6) is 0 Å². The molecule has 0 unspecified atom stereocenters. The molecule has 1 saturated heterocycles. The Morgan fingerprint density at radius 1 is 1.53 bits per heavy atom. The van der Waals surface area contributed by atoms with Crippen molar-refractivity contribution in [2.24, 2.45) is 0 Å². The van der Waals surface area contributed by atoms with E-state index in [1.54, 1.807) is 13.8 Å². The molecule has 102 valence electrons. The molecule has 7 nitrogen and oxygen atoms in total. The van der Waals surface area contributed by atoms with Gasteiger partial charge in [0.25, 0.3) is 5.91 Å². The largest absolute Gasteiger partial charge is 0.476 e. The van der Waals surface area contributed by atoms with Gasteiger partial charge >= 0.3 is 5.97 Å². The maximum absolute atomic E-state index is 12.3. The summed E-state index contributed by atoms with van der Waals surface area (Å²) in [6.07, 6.45) is 0. The van der Waals surface area contributed by atoms with Crippen molar-refractivity contribution in [2.75, 3.05) is 13.1 Å². The molecule has 19 heavy (non-hydrogen) atoms. The van der Waals surface area contributed by atoms with Crippen LogP contribution in [-0.2, 0) is 4.79 Å². The fourth-order valence-corrected chi connectivity index (χ4v) is 2.58. The second-order valence-corrected chi connectivity index (χ2v) is 5.47. The summed E-state index contributed by atoms with van der Waals surface area (Å²) in [5.41, 5.74) is -1.13. The summed E-state index contributed by atoms with van der Waals surface area (Å²) in [7, 11) is 0. The Kier molecular flexibility index (Phi) is 3.27. The van der Waals surface area contributed by atoms with Gasteiger partial charge in [-0.15, -0.1) is 11.3 Å². The van der Waals surface area contributed by atoms with E-state index in [1.165, 1.54) is 10.3 Å². The fraction of sp³-hybridized carbons (Fsp3) is 0.455. The molecule has 0 radical (unpaired) electrons. The van der Waals surface area contributed by atoms with Gasteiger partial charge in [-0.2, -0.15) is 0 Å². The molecule has 1 aliphatic heterocycles. The smallest absolute Gasteiger partial charge is 0.355 e. The Bertz CT molecular complexity index is 552. The van der Waals surface area contributed by atoms with Crippen LogP contribution in [0.3, 0.4) is 0 Å². The topological polar surface area (TPSA) is 99.6 Å². The Balaban J connectivity index is 2.27. The zero-order valence-electron chi connectivity index (χ0n) is 10.5. The highest BCUT2D eigenvalue weighted by Crippen LogP contribution is 2.22. The molecule has 1 fully saturated rings. The van der Waals surface area contributed by atoms with Gasteiger partial charge in [0.05, 0.1) is 0 Å². The Morgan fingerprint density at radius 3 is 2.79 bits per heavy atom. The van der Waals surface area contributed by atoms with E-state index in [2.05, 4.69) is 10.3 Å². The van der Waals surface area contributed by atoms with Crippen LogP contribution in [-0.4, -0.2) is 51.4 Å². The van der Waals surface area contributed by atoms with Crippen molar-refractivity contribution in [1.82, 2.24) is 15.2 Å². The number of rotatable bonds is 2. The fourth-order valence-electron chi connectivity index (χ4n) is 1.84. The number of thiazole rings is 1. The summed E-state index contributed by atoms with van der Waals surface area (Å²) < 4.78 is 0. The molecule has 2 heterocycles. The first kappa shape index (κ1) is 13.5. The summed E-state index contributed by atoms with van der Waals surface area (Å²) in [5.74, 6) is -1.83. The summed E-state index contributed by atoms with van der Waals surface area (Å²) >= 11 is 0.967. The number of piperazine rings is 1. The van der Waals surface area contributed by atoms with Crippen LogP contribution in [0.4, 0.5) is 0 Å². The zero-order chi connectivity index (χ0) is 14.2. The number of carbonyl (C=O) groups is 3. The molecule has 2 rings (SSSR count). The highest BCUT2D eigenvalue weighted by Gasteiger charge is 2.41. The molecule has 1 aromatic heterocycles. The first-order valence-corrected chi connectivity index (χ1v) is 6.51. The summed E-state index contributed by atoms with van der Waals surface area (Å²) in [6, 6.07) is 0. The third-order valence-corrected chi connectivity index (χ3v) is 3.83. The first-order chi connectivity index (χ1) is 8.84. The van der Waals surface area contributed by atoms with E-state index < -0.39 is 17.4 Å². The van der Waals surface area contributed by atoms with Crippen LogP contribution in [0.25, 0.3) is 0 Å². The lowest BCUT2D eigenvalue weighted by Gasteiger charge is -2.40. The van der Waals surface area contributed by atoms with E-state index in [4.69, 9.17) is 5.11 Å². The lowest BCUT2D eigenvalue weighted by Crippen LogP contribution is -2.63. The van der Waals surface area contributed by atoms with Crippen molar-refractivity contribution < 1.29 is 19.5 Å². The molecular weight excluding hydrogens is 270 g/mol. The molecule has 0 aliphatic carbocycles. The molecule has 2 N–H and O–H groups in total. The van der Waals surface area contributed by atoms with Gasteiger partial charge in [0.2, 0.25) is 5.91 Å². The number of carboxylic acid groups (broad SMARTS) is 1. The maximum atomic E-state index is 12.3. The SMILES string of the molecule is CC1(C)C(=O)NCCN1C(=O)c1nc(C(=O)O)cs1. The normalized spacial score (nSPS) is 18.0. The van der Waals surface area contributed by atoms with Gasteiger partial charge in [-0.05, 0) is 13.8 Å². The van der Waals surface area contributed by atoms with Gasteiger partial charge in [0.1, 0.15) is 5.54 Å². The number of hydrogen-bond acceptors (Lipinski definition) is 5. The van der Waals surface area contributed by atoms with Crippen LogP contribution in [0, 0.1) is 0 Å². The molecular formula is C11H13N3O4S. The molecule has 0 bridgehead atoms. The van der Waals surface area contributed by atoms with Crippen molar-refractivity contribution >= 4 is 29.1 Å². The van der Waals surface area contributed by atoms with Gasteiger partial charge in [-0.25, -0.2) is 9.78 Å². The van der Waals surface area contributed by atoms with Crippen LogP contribution in [0.15, 0.2) is 5.38 Å². The average molecular weight is 283 g/mol.